The Labute approximate surface area is 85.8 Å². The second-order valence-corrected chi connectivity index (χ2v) is 4.82. The zero-order valence-electron chi connectivity index (χ0n) is 8.90. The molecule has 1 nitrogen and oxygen atoms in total. The second kappa shape index (κ2) is 3.39. The highest BCUT2D eigenvalue weighted by atomic mass is 16.3. The van der Waals surface area contributed by atoms with Crippen molar-refractivity contribution in [1.29, 1.82) is 0 Å². The SMILES string of the molecule is CC(c1ccccc1)C1CC1(C)CO. The lowest BCUT2D eigenvalue weighted by Gasteiger charge is -2.14. The second-order valence-electron chi connectivity index (χ2n) is 4.82. The first-order valence-corrected chi connectivity index (χ1v) is 5.33. The van der Waals surface area contributed by atoms with E-state index in [4.69, 9.17) is 0 Å². The largest absolute Gasteiger partial charge is 0.396 e. The molecule has 1 aromatic carbocycles. The molecular weight excluding hydrogens is 172 g/mol. The molecule has 2 rings (SSSR count). The third kappa shape index (κ3) is 1.57. The topological polar surface area (TPSA) is 20.2 Å². The summed E-state index contributed by atoms with van der Waals surface area (Å²) in [4.78, 5) is 0. The van der Waals surface area contributed by atoms with E-state index in [0.29, 0.717) is 18.4 Å². The van der Waals surface area contributed by atoms with Gasteiger partial charge in [-0.25, -0.2) is 0 Å². The maximum absolute atomic E-state index is 9.23. The van der Waals surface area contributed by atoms with Gasteiger partial charge in [-0.2, -0.15) is 0 Å². The van der Waals surface area contributed by atoms with Gasteiger partial charge < -0.3 is 5.11 Å². The van der Waals surface area contributed by atoms with Gasteiger partial charge in [0.2, 0.25) is 0 Å². The van der Waals surface area contributed by atoms with E-state index in [2.05, 4.69) is 38.1 Å². The van der Waals surface area contributed by atoms with Crippen molar-refractivity contribution in [2.24, 2.45) is 11.3 Å². The van der Waals surface area contributed by atoms with Crippen molar-refractivity contribution in [3.05, 3.63) is 35.9 Å². The average molecular weight is 190 g/mol. The first-order chi connectivity index (χ1) is 6.67. The highest BCUT2D eigenvalue weighted by Crippen LogP contribution is 2.58. The molecular formula is C13H18O. The fraction of sp³-hybridized carbons (Fsp3) is 0.538. The summed E-state index contributed by atoms with van der Waals surface area (Å²) in [7, 11) is 0. The van der Waals surface area contributed by atoms with Crippen LogP contribution in [0.2, 0.25) is 0 Å². The summed E-state index contributed by atoms with van der Waals surface area (Å²) in [6.45, 7) is 4.77. The number of benzene rings is 1. The van der Waals surface area contributed by atoms with Crippen molar-refractivity contribution >= 4 is 0 Å². The average Bonchev–Trinajstić information content (AvgIpc) is 2.92. The number of hydrogen-bond acceptors (Lipinski definition) is 1. The lowest BCUT2D eigenvalue weighted by atomic mass is 9.91. The van der Waals surface area contributed by atoms with Crippen molar-refractivity contribution in [2.75, 3.05) is 6.61 Å². The van der Waals surface area contributed by atoms with Gasteiger partial charge in [0, 0.05) is 6.61 Å². The van der Waals surface area contributed by atoms with Crippen LogP contribution >= 0.6 is 0 Å². The molecule has 3 atom stereocenters. The molecule has 1 N–H and O–H groups in total. The molecule has 76 valence electrons. The first-order valence-electron chi connectivity index (χ1n) is 5.33. The highest BCUT2D eigenvalue weighted by molar-refractivity contribution is 5.23. The Kier molecular flexibility index (Phi) is 2.36. The number of rotatable bonds is 3. The molecule has 0 bridgehead atoms. The van der Waals surface area contributed by atoms with Gasteiger partial charge in [-0.05, 0) is 29.2 Å². The monoisotopic (exact) mass is 190 g/mol. The summed E-state index contributed by atoms with van der Waals surface area (Å²) in [6.07, 6.45) is 1.17. The highest BCUT2D eigenvalue weighted by Gasteiger charge is 2.52. The van der Waals surface area contributed by atoms with Gasteiger partial charge in [0.25, 0.3) is 0 Å². The van der Waals surface area contributed by atoms with Crippen LogP contribution in [-0.2, 0) is 0 Å². The third-order valence-electron chi connectivity index (χ3n) is 3.71. The van der Waals surface area contributed by atoms with E-state index >= 15 is 0 Å². The summed E-state index contributed by atoms with van der Waals surface area (Å²) >= 11 is 0. The standard InChI is InChI=1S/C13H18O/c1-10(11-6-4-3-5-7-11)12-8-13(12,2)9-14/h3-7,10,12,14H,8-9H2,1-2H3. The quantitative estimate of drug-likeness (QED) is 0.777. The molecule has 1 saturated carbocycles. The van der Waals surface area contributed by atoms with Gasteiger partial charge in [0.1, 0.15) is 0 Å². The van der Waals surface area contributed by atoms with Gasteiger partial charge in [0.15, 0.2) is 0 Å². The summed E-state index contributed by atoms with van der Waals surface area (Å²) in [6, 6.07) is 10.6. The molecule has 0 amide bonds. The van der Waals surface area contributed by atoms with Crippen LogP contribution in [0, 0.1) is 11.3 Å². The Hall–Kier alpha value is -0.820. The van der Waals surface area contributed by atoms with Crippen LogP contribution in [0.3, 0.4) is 0 Å². The van der Waals surface area contributed by atoms with Gasteiger partial charge in [-0.15, -0.1) is 0 Å². The van der Waals surface area contributed by atoms with E-state index in [1.54, 1.807) is 0 Å². The molecule has 1 aliphatic rings. The molecule has 0 saturated heterocycles. The molecule has 1 heteroatoms. The van der Waals surface area contributed by atoms with Gasteiger partial charge >= 0.3 is 0 Å². The van der Waals surface area contributed by atoms with Crippen LogP contribution in [0.15, 0.2) is 30.3 Å². The Balaban J connectivity index is 2.08. The van der Waals surface area contributed by atoms with E-state index in [-0.39, 0.29) is 5.41 Å². The Morgan fingerprint density at radius 1 is 1.43 bits per heavy atom. The zero-order chi connectivity index (χ0) is 10.2. The van der Waals surface area contributed by atoms with Gasteiger partial charge in [-0.1, -0.05) is 44.2 Å². The summed E-state index contributed by atoms with van der Waals surface area (Å²) in [5.74, 6) is 1.24. The molecule has 3 unspecified atom stereocenters. The fourth-order valence-corrected chi connectivity index (χ4v) is 2.39. The lowest BCUT2D eigenvalue weighted by molar-refractivity contribution is 0.207. The molecule has 1 aliphatic carbocycles. The first kappa shape index (κ1) is 9.72. The fourth-order valence-electron chi connectivity index (χ4n) is 2.39. The Bertz CT molecular complexity index is 306. The van der Waals surface area contributed by atoms with E-state index in [1.807, 2.05) is 6.07 Å². The number of hydrogen-bond donors (Lipinski definition) is 1. The van der Waals surface area contributed by atoms with E-state index in [0.717, 1.165) is 0 Å². The molecule has 1 fully saturated rings. The van der Waals surface area contributed by atoms with Crippen molar-refractivity contribution < 1.29 is 5.11 Å². The summed E-state index contributed by atoms with van der Waals surface area (Å²) < 4.78 is 0. The van der Waals surface area contributed by atoms with Crippen molar-refractivity contribution in [2.45, 2.75) is 26.2 Å². The van der Waals surface area contributed by atoms with E-state index < -0.39 is 0 Å². The number of aliphatic hydroxyl groups excluding tert-OH is 1. The van der Waals surface area contributed by atoms with Crippen LogP contribution in [-0.4, -0.2) is 11.7 Å². The minimum Gasteiger partial charge on any atom is -0.396 e. The maximum Gasteiger partial charge on any atom is 0.0487 e. The van der Waals surface area contributed by atoms with Crippen LogP contribution < -0.4 is 0 Å². The van der Waals surface area contributed by atoms with Crippen molar-refractivity contribution in [1.82, 2.24) is 0 Å². The predicted molar refractivity (Wildman–Crippen MR) is 58.2 cm³/mol. The maximum atomic E-state index is 9.23. The normalized spacial score (nSPS) is 32.6. The minimum absolute atomic E-state index is 0.190. The summed E-state index contributed by atoms with van der Waals surface area (Å²) in [5.41, 5.74) is 1.59. The smallest absolute Gasteiger partial charge is 0.0487 e. The Morgan fingerprint density at radius 3 is 2.57 bits per heavy atom. The van der Waals surface area contributed by atoms with E-state index in [9.17, 15) is 5.11 Å². The lowest BCUT2D eigenvalue weighted by Crippen LogP contribution is -2.08. The summed E-state index contributed by atoms with van der Waals surface area (Å²) in [5, 5.41) is 9.23. The zero-order valence-corrected chi connectivity index (χ0v) is 8.90. The molecule has 0 radical (unpaired) electrons. The predicted octanol–water partition coefficient (Wildman–Crippen LogP) is 2.81. The van der Waals surface area contributed by atoms with Crippen LogP contribution in [0.25, 0.3) is 0 Å². The van der Waals surface area contributed by atoms with Gasteiger partial charge in [0.05, 0.1) is 0 Å². The van der Waals surface area contributed by atoms with Crippen LogP contribution in [0.4, 0.5) is 0 Å². The molecule has 0 spiro atoms. The van der Waals surface area contributed by atoms with Gasteiger partial charge in [-0.3, -0.25) is 0 Å². The number of aliphatic hydroxyl groups is 1. The third-order valence-corrected chi connectivity index (χ3v) is 3.71. The van der Waals surface area contributed by atoms with Crippen molar-refractivity contribution in [3.8, 4) is 0 Å². The van der Waals surface area contributed by atoms with Crippen LogP contribution in [0.5, 0.6) is 0 Å². The molecule has 0 aliphatic heterocycles. The minimum atomic E-state index is 0.190. The van der Waals surface area contributed by atoms with Crippen molar-refractivity contribution in [3.63, 3.8) is 0 Å². The molecule has 0 aromatic heterocycles. The Morgan fingerprint density at radius 2 is 2.07 bits per heavy atom. The van der Waals surface area contributed by atoms with Crippen LogP contribution in [0.1, 0.15) is 31.7 Å². The molecule has 1 aromatic rings. The molecule has 0 heterocycles. The molecule has 14 heavy (non-hydrogen) atoms. The van der Waals surface area contributed by atoms with E-state index in [1.165, 1.54) is 12.0 Å².